The molecule has 84 valence electrons. The summed E-state index contributed by atoms with van der Waals surface area (Å²) in [6.07, 6.45) is 1.48. The van der Waals surface area contributed by atoms with Crippen molar-refractivity contribution in [2.75, 3.05) is 12.4 Å². The average Bonchev–Trinajstić information content (AvgIpc) is 2.40. The predicted molar refractivity (Wildman–Crippen MR) is 65.0 cm³/mol. The van der Waals surface area contributed by atoms with Gasteiger partial charge in [-0.15, -0.1) is 0 Å². The fourth-order valence-corrected chi connectivity index (χ4v) is 1.32. The van der Waals surface area contributed by atoms with Gasteiger partial charge in [0, 0.05) is 25.0 Å². The molecule has 0 aliphatic heterocycles. The Bertz CT molecular complexity index is 526. The molecule has 0 amide bonds. The van der Waals surface area contributed by atoms with E-state index in [1.54, 1.807) is 12.1 Å². The third-order valence-electron chi connectivity index (χ3n) is 2.23. The van der Waals surface area contributed by atoms with E-state index in [1.807, 2.05) is 37.4 Å². The van der Waals surface area contributed by atoms with Crippen LogP contribution in [0.4, 0.5) is 5.69 Å². The Kier molecular flexibility index (Phi) is 3.22. The molecule has 1 N–H and O–H groups in total. The summed E-state index contributed by atoms with van der Waals surface area (Å²) in [5.74, 6) is 1.18. The molecule has 0 spiro atoms. The summed E-state index contributed by atoms with van der Waals surface area (Å²) in [4.78, 5) is 4.03. The highest BCUT2D eigenvalue weighted by Crippen LogP contribution is 2.21. The molecule has 1 aromatic carbocycles. The Labute approximate surface area is 99.5 Å². The van der Waals surface area contributed by atoms with Crippen molar-refractivity contribution in [2.24, 2.45) is 0 Å². The summed E-state index contributed by atoms with van der Waals surface area (Å²) < 4.78 is 5.53. The summed E-state index contributed by atoms with van der Waals surface area (Å²) in [6, 6.07) is 12.9. The Morgan fingerprint density at radius 3 is 2.47 bits per heavy atom. The molecule has 0 atom stereocenters. The van der Waals surface area contributed by atoms with E-state index in [1.165, 1.54) is 6.20 Å². The molecule has 0 unspecified atom stereocenters. The first-order chi connectivity index (χ1) is 8.31. The van der Waals surface area contributed by atoms with Crippen LogP contribution in [0, 0.1) is 11.3 Å². The number of ether oxygens (including phenoxy) is 1. The van der Waals surface area contributed by atoms with Crippen LogP contribution in [0.1, 0.15) is 5.56 Å². The van der Waals surface area contributed by atoms with Crippen LogP contribution in [-0.2, 0) is 0 Å². The topological polar surface area (TPSA) is 57.9 Å². The number of aromatic nitrogens is 1. The first kappa shape index (κ1) is 11.0. The summed E-state index contributed by atoms with van der Waals surface area (Å²) in [5, 5.41) is 11.7. The van der Waals surface area contributed by atoms with E-state index in [9.17, 15) is 0 Å². The Morgan fingerprint density at radius 2 is 1.94 bits per heavy atom. The van der Waals surface area contributed by atoms with Crippen molar-refractivity contribution in [1.82, 2.24) is 4.98 Å². The van der Waals surface area contributed by atoms with Gasteiger partial charge >= 0.3 is 0 Å². The van der Waals surface area contributed by atoms with Crippen LogP contribution in [-0.4, -0.2) is 12.0 Å². The normalized spacial score (nSPS) is 9.41. The second kappa shape index (κ2) is 4.99. The molecule has 17 heavy (non-hydrogen) atoms. The lowest BCUT2D eigenvalue weighted by atomic mass is 10.3. The zero-order chi connectivity index (χ0) is 12.1. The zero-order valence-corrected chi connectivity index (χ0v) is 9.34. The first-order valence-electron chi connectivity index (χ1n) is 5.13. The maximum Gasteiger partial charge on any atom is 0.219 e. The number of anilines is 1. The minimum absolute atomic E-state index is 0.473. The van der Waals surface area contributed by atoms with Crippen LogP contribution in [0.5, 0.6) is 11.6 Å². The van der Waals surface area contributed by atoms with Crippen molar-refractivity contribution in [3.05, 3.63) is 48.2 Å². The lowest BCUT2D eigenvalue weighted by Crippen LogP contribution is -1.90. The summed E-state index contributed by atoms with van der Waals surface area (Å²) in [7, 11) is 1.86. The van der Waals surface area contributed by atoms with Crippen molar-refractivity contribution >= 4 is 5.69 Å². The molecular weight excluding hydrogens is 214 g/mol. The molecule has 4 heteroatoms. The number of nitrogens with one attached hydrogen (secondary N) is 1. The molecule has 2 aromatic rings. The Balaban J connectivity index is 2.11. The monoisotopic (exact) mass is 225 g/mol. The molecule has 2 rings (SSSR count). The number of pyridine rings is 1. The highest BCUT2D eigenvalue weighted by Gasteiger charge is 1.99. The highest BCUT2D eigenvalue weighted by molar-refractivity contribution is 5.46. The number of benzene rings is 1. The number of rotatable bonds is 3. The van der Waals surface area contributed by atoms with Crippen LogP contribution in [0.15, 0.2) is 42.6 Å². The van der Waals surface area contributed by atoms with Gasteiger partial charge in [0.25, 0.3) is 0 Å². The summed E-state index contributed by atoms with van der Waals surface area (Å²) in [6.45, 7) is 0. The van der Waals surface area contributed by atoms with E-state index in [0.717, 1.165) is 5.69 Å². The van der Waals surface area contributed by atoms with Gasteiger partial charge in [-0.1, -0.05) is 0 Å². The standard InChI is InChI=1S/C13H11N3O/c1-15-11-3-5-12(6-4-11)17-13-7-2-10(8-14)9-16-13/h2-7,9,15H,1H3. The van der Waals surface area contributed by atoms with Gasteiger partial charge in [0.05, 0.1) is 5.56 Å². The van der Waals surface area contributed by atoms with Crippen molar-refractivity contribution in [2.45, 2.75) is 0 Å². The Hall–Kier alpha value is -2.54. The van der Waals surface area contributed by atoms with E-state index in [2.05, 4.69) is 10.3 Å². The number of hydrogen-bond acceptors (Lipinski definition) is 4. The second-order valence-electron chi connectivity index (χ2n) is 3.37. The molecule has 0 radical (unpaired) electrons. The Morgan fingerprint density at radius 1 is 1.18 bits per heavy atom. The van der Waals surface area contributed by atoms with Gasteiger partial charge in [0.1, 0.15) is 11.8 Å². The largest absolute Gasteiger partial charge is 0.439 e. The summed E-state index contributed by atoms with van der Waals surface area (Å²) >= 11 is 0. The van der Waals surface area contributed by atoms with Crippen molar-refractivity contribution in [1.29, 1.82) is 5.26 Å². The lowest BCUT2D eigenvalue weighted by molar-refractivity contribution is 0.463. The number of hydrogen-bond donors (Lipinski definition) is 1. The highest BCUT2D eigenvalue weighted by atomic mass is 16.5. The van der Waals surface area contributed by atoms with Gasteiger partial charge in [0.2, 0.25) is 5.88 Å². The minimum atomic E-state index is 0.473. The molecule has 0 fully saturated rings. The lowest BCUT2D eigenvalue weighted by Gasteiger charge is -2.05. The maximum atomic E-state index is 8.64. The van der Waals surface area contributed by atoms with Crippen molar-refractivity contribution in [3.8, 4) is 17.7 Å². The maximum absolute atomic E-state index is 8.64. The molecule has 4 nitrogen and oxygen atoms in total. The fourth-order valence-electron chi connectivity index (χ4n) is 1.32. The van der Waals surface area contributed by atoms with Crippen LogP contribution < -0.4 is 10.1 Å². The summed E-state index contributed by atoms with van der Waals surface area (Å²) in [5.41, 5.74) is 1.54. The van der Waals surface area contributed by atoms with Gasteiger partial charge < -0.3 is 10.1 Å². The van der Waals surface area contributed by atoms with Crippen LogP contribution in [0.25, 0.3) is 0 Å². The average molecular weight is 225 g/mol. The fraction of sp³-hybridized carbons (Fsp3) is 0.0769. The molecular formula is C13H11N3O. The minimum Gasteiger partial charge on any atom is -0.439 e. The van der Waals surface area contributed by atoms with E-state index < -0.39 is 0 Å². The molecule has 1 aromatic heterocycles. The SMILES string of the molecule is CNc1ccc(Oc2ccc(C#N)cn2)cc1. The first-order valence-corrected chi connectivity index (χ1v) is 5.13. The predicted octanol–water partition coefficient (Wildman–Crippen LogP) is 2.79. The molecule has 0 aliphatic rings. The van der Waals surface area contributed by atoms with Crippen LogP contribution in [0.2, 0.25) is 0 Å². The van der Waals surface area contributed by atoms with Gasteiger partial charge in [-0.2, -0.15) is 5.26 Å². The second-order valence-corrected chi connectivity index (χ2v) is 3.37. The van der Waals surface area contributed by atoms with Gasteiger partial charge in [-0.05, 0) is 30.3 Å². The van der Waals surface area contributed by atoms with E-state index in [-0.39, 0.29) is 0 Å². The van der Waals surface area contributed by atoms with Gasteiger partial charge in [-0.25, -0.2) is 4.98 Å². The van der Waals surface area contributed by atoms with Gasteiger partial charge in [0.15, 0.2) is 0 Å². The van der Waals surface area contributed by atoms with E-state index >= 15 is 0 Å². The number of nitrogens with zero attached hydrogens (tertiary/aromatic N) is 2. The molecule has 0 saturated carbocycles. The zero-order valence-electron chi connectivity index (χ0n) is 9.34. The number of nitriles is 1. The molecule has 0 aliphatic carbocycles. The third-order valence-corrected chi connectivity index (χ3v) is 2.23. The van der Waals surface area contributed by atoms with Crippen molar-refractivity contribution in [3.63, 3.8) is 0 Å². The van der Waals surface area contributed by atoms with Crippen LogP contribution >= 0.6 is 0 Å². The third kappa shape index (κ3) is 2.73. The quantitative estimate of drug-likeness (QED) is 0.872. The van der Waals surface area contributed by atoms with Crippen molar-refractivity contribution < 1.29 is 4.74 Å². The van der Waals surface area contributed by atoms with E-state index in [0.29, 0.717) is 17.2 Å². The smallest absolute Gasteiger partial charge is 0.219 e. The van der Waals surface area contributed by atoms with Crippen LogP contribution in [0.3, 0.4) is 0 Å². The van der Waals surface area contributed by atoms with Gasteiger partial charge in [-0.3, -0.25) is 0 Å². The molecule has 0 bridgehead atoms. The van der Waals surface area contributed by atoms with E-state index in [4.69, 9.17) is 10.00 Å². The molecule has 0 saturated heterocycles. The molecule has 1 heterocycles.